The molecule has 1 unspecified atom stereocenters. The Morgan fingerprint density at radius 3 is 2.45 bits per heavy atom. The van der Waals surface area contributed by atoms with Crippen LogP contribution < -0.4 is 10.1 Å². The topological polar surface area (TPSA) is 91.8 Å². The Morgan fingerprint density at radius 1 is 1.00 bits per heavy atom. The van der Waals surface area contributed by atoms with Gasteiger partial charge in [0.05, 0.1) is 0 Å². The van der Waals surface area contributed by atoms with Gasteiger partial charge >= 0.3 is 5.97 Å². The van der Waals surface area contributed by atoms with Gasteiger partial charge in [0.2, 0.25) is 5.91 Å². The maximum absolute atomic E-state index is 12.0. The molecule has 1 aliphatic heterocycles. The summed E-state index contributed by atoms with van der Waals surface area (Å²) < 4.78 is 6.26. The van der Waals surface area contributed by atoms with E-state index in [0.717, 1.165) is 86.3 Å². The average molecular weight is 615 g/mol. The first-order valence-electron chi connectivity index (χ1n) is 14.6. The van der Waals surface area contributed by atoms with Crippen molar-refractivity contribution in [3.63, 3.8) is 0 Å². The Kier molecular flexibility index (Phi) is 12.6. The van der Waals surface area contributed by atoms with Crippen molar-refractivity contribution in [3.8, 4) is 5.75 Å². The van der Waals surface area contributed by atoms with Gasteiger partial charge in [-0.15, -0.1) is 24.8 Å². The van der Waals surface area contributed by atoms with Gasteiger partial charge in [-0.3, -0.25) is 4.79 Å². The molecule has 7 nitrogen and oxygen atoms in total. The van der Waals surface area contributed by atoms with Crippen LogP contribution in [0.3, 0.4) is 0 Å². The summed E-state index contributed by atoms with van der Waals surface area (Å²) in [5, 5.41) is 12.9. The summed E-state index contributed by atoms with van der Waals surface area (Å²) in [6.45, 7) is 4.94. The number of carboxylic acid groups (broad SMARTS) is 1. The molecule has 226 valence electrons. The normalized spacial score (nSPS) is 16.5. The van der Waals surface area contributed by atoms with Crippen LogP contribution in [-0.2, 0) is 24.2 Å². The molecule has 0 radical (unpaired) electrons. The van der Waals surface area contributed by atoms with Gasteiger partial charge < -0.3 is 20.1 Å². The van der Waals surface area contributed by atoms with E-state index in [2.05, 4.69) is 40.6 Å². The van der Waals surface area contributed by atoms with E-state index in [9.17, 15) is 14.7 Å². The van der Waals surface area contributed by atoms with Gasteiger partial charge in [-0.05, 0) is 85.4 Å². The van der Waals surface area contributed by atoms with E-state index in [1.807, 2.05) is 36.1 Å². The number of ether oxygens (including phenoxy) is 1. The molecule has 0 spiro atoms. The highest BCUT2D eigenvalue weighted by molar-refractivity contribution is 5.86. The van der Waals surface area contributed by atoms with Crippen LogP contribution in [0.5, 0.6) is 5.75 Å². The number of likely N-dealkylation sites (tertiary alicyclic amines) is 1. The van der Waals surface area contributed by atoms with Gasteiger partial charge in [0.1, 0.15) is 18.1 Å². The number of rotatable bonds is 10. The lowest BCUT2D eigenvalue weighted by molar-refractivity contribution is -0.131. The molecule has 3 aromatic rings. The van der Waals surface area contributed by atoms with E-state index in [1.54, 1.807) is 6.07 Å². The quantitative estimate of drug-likeness (QED) is 0.270. The number of piperidine rings is 1. The number of hydrogen-bond acceptors (Lipinski definition) is 5. The van der Waals surface area contributed by atoms with Crippen molar-refractivity contribution < 1.29 is 19.4 Å². The number of carboxylic acids is 1. The molecule has 0 bridgehead atoms. The highest BCUT2D eigenvalue weighted by Crippen LogP contribution is 2.30. The van der Waals surface area contributed by atoms with Gasteiger partial charge in [0.15, 0.2) is 0 Å². The zero-order chi connectivity index (χ0) is 27.9. The van der Waals surface area contributed by atoms with Gasteiger partial charge in [-0.1, -0.05) is 55.5 Å². The number of fused-ring (bicyclic) bond motifs is 1. The zero-order valence-corrected chi connectivity index (χ0v) is 25.7. The minimum Gasteiger partial charge on any atom is -0.489 e. The summed E-state index contributed by atoms with van der Waals surface area (Å²) in [6, 6.07) is 20.7. The summed E-state index contributed by atoms with van der Waals surface area (Å²) in [5.41, 5.74) is 5.78. The largest absolute Gasteiger partial charge is 0.489 e. The molecule has 2 heterocycles. The number of nitrogens with one attached hydrogen (secondary N) is 1. The first kappa shape index (κ1) is 33.4. The van der Waals surface area contributed by atoms with Crippen molar-refractivity contribution in [2.75, 3.05) is 19.6 Å². The van der Waals surface area contributed by atoms with Crippen molar-refractivity contribution in [1.29, 1.82) is 0 Å². The van der Waals surface area contributed by atoms with Crippen LogP contribution in [-0.4, -0.2) is 46.5 Å². The van der Waals surface area contributed by atoms with Crippen LogP contribution in [0.15, 0.2) is 60.7 Å². The van der Waals surface area contributed by atoms with E-state index >= 15 is 0 Å². The number of benzene rings is 2. The van der Waals surface area contributed by atoms with Crippen molar-refractivity contribution in [2.45, 2.75) is 70.4 Å². The first-order chi connectivity index (χ1) is 19.5. The minimum atomic E-state index is -0.979. The number of pyridine rings is 1. The number of carbonyl (C=O) groups is 2. The third-order valence-electron chi connectivity index (χ3n) is 8.26. The van der Waals surface area contributed by atoms with Gasteiger partial charge in [-0.25, -0.2) is 9.78 Å². The molecule has 1 aromatic heterocycles. The molecule has 9 heteroatoms. The molecule has 2 aromatic carbocycles. The summed E-state index contributed by atoms with van der Waals surface area (Å²) >= 11 is 0. The average Bonchev–Trinajstić information content (AvgIpc) is 3.00. The molecule has 2 N–H and O–H groups in total. The number of aromatic carboxylic acids is 1. The van der Waals surface area contributed by atoms with Crippen LogP contribution in [0, 0.1) is 0 Å². The molecule has 1 atom stereocenters. The number of aromatic nitrogens is 1. The van der Waals surface area contributed by atoms with Crippen LogP contribution in [0.2, 0.25) is 0 Å². The van der Waals surface area contributed by atoms with E-state index in [0.29, 0.717) is 18.9 Å². The summed E-state index contributed by atoms with van der Waals surface area (Å²) in [5.74, 6) is 0.690. The minimum absolute atomic E-state index is 0. The van der Waals surface area contributed by atoms with Crippen molar-refractivity contribution in [3.05, 3.63) is 94.3 Å². The van der Waals surface area contributed by atoms with E-state index < -0.39 is 5.97 Å². The molecule has 1 amide bonds. The van der Waals surface area contributed by atoms with Crippen molar-refractivity contribution >= 4 is 36.7 Å². The fourth-order valence-electron chi connectivity index (χ4n) is 5.96. The zero-order valence-electron chi connectivity index (χ0n) is 24.1. The summed E-state index contributed by atoms with van der Waals surface area (Å²) in [4.78, 5) is 29.6. The lowest BCUT2D eigenvalue weighted by Crippen LogP contribution is -2.37. The second kappa shape index (κ2) is 15.9. The molecule has 2 aliphatic rings. The van der Waals surface area contributed by atoms with E-state index in [1.165, 1.54) is 5.56 Å². The lowest BCUT2D eigenvalue weighted by Gasteiger charge is -2.32. The lowest BCUT2D eigenvalue weighted by atomic mass is 9.89. The molecule has 1 fully saturated rings. The number of para-hydroxylation sites is 1. The highest BCUT2D eigenvalue weighted by atomic mass is 35.5. The molecule has 42 heavy (non-hydrogen) atoms. The van der Waals surface area contributed by atoms with Crippen LogP contribution in [0.1, 0.15) is 89.4 Å². The number of aryl methyl sites for hydroxylation is 1. The summed E-state index contributed by atoms with van der Waals surface area (Å²) in [6.07, 6.45) is 6.31. The third-order valence-corrected chi connectivity index (χ3v) is 8.26. The Balaban J connectivity index is 0.00000242. The molecule has 1 saturated heterocycles. The SMILES string of the molecule is CCC(=O)N1CCC(c2ccc(COc3ccccc3CCNC3CCCc4nc(C(=O)O)ccc43)cc2)CC1.Cl.Cl. The van der Waals surface area contributed by atoms with Crippen LogP contribution in [0.4, 0.5) is 0 Å². The third kappa shape index (κ3) is 8.24. The van der Waals surface area contributed by atoms with E-state index in [4.69, 9.17) is 4.74 Å². The molecule has 5 rings (SSSR count). The Hall–Kier alpha value is -3.13. The Morgan fingerprint density at radius 2 is 1.74 bits per heavy atom. The number of nitrogens with zero attached hydrogens (tertiary/aromatic N) is 2. The maximum Gasteiger partial charge on any atom is 0.354 e. The molecule has 0 saturated carbocycles. The second-order valence-electron chi connectivity index (χ2n) is 10.8. The first-order valence-corrected chi connectivity index (χ1v) is 14.6. The fraction of sp³-hybridized carbons (Fsp3) is 0.424. The standard InChI is InChI=1S/C33H39N3O4.2ClH/c1-2-32(37)36-20-17-25(18-21-36)24-12-10-23(11-13-24)22-40-31-9-4-3-6-26(31)16-19-34-28-7-5-8-29-27(28)14-15-30(35-29)33(38)39;;/h3-4,6,9-15,25,28,34H,2,5,7-8,16-22H2,1H3,(H,38,39);2*1H. The predicted octanol–water partition coefficient (Wildman–Crippen LogP) is 6.53. The molecular weight excluding hydrogens is 573 g/mol. The van der Waals surface area contributed by atoms with Gasteiger partial charge in [0, 0.05) is 31.2 Å². The fourth-order valence-corrected chi connectivity index (χ4v) is 5.96. The summed E-state index contributed by atoms with van der Waals surface area (Å²) in [7, 11) is 0. The van der Waals surface area contributed by atoms with Crippen molar-refractivity contribution in [1.82, 2.24) is 15.2 Å². The highest BCUT2D eigenvalue weighted by Gasteiger charge is 2.24. The van der Waals surface area contributed by atoms with Gasteiger partial charge in [-0.2, -0.15) is 0 Å². The van der Waals surface area contributed by atoms with Crippen LogP contribution >= 0.6 is 24.8 Å². The molecule has 1 aliphatic carbocycles. The number of carbonyl (C=O) groups excluding carboxylic acids is 1. The van der Waals surface area contributed by atoms with Crippen LogP contribution in [0.25, 0.3) is 0 Å². The number of hydrogen-bond donors (Lipinski definition) is 2. The molecular formula is C33H41Cl2N3O4. The van der Waals surface area contributed by atoms with E-state index in [-0.39, 0.29) is 42.5 Å². The second-order valence-corrected chi connectivity index (χ2v) is 10.8. The number of halogens is 2. The number of amides is 1. The smallest absolute Gasteiger partial charge is 0.354 e. The van der Waals surface area contributed by atoms with Gasteiger partial charge in [0.25, 0.3) is 0 Å². The van der Waals surface area contributed by atoms with Crippen molar-refractivity contribution in [2.24, 2.45) is 0 Å². The maximum atomic E-state index is 12.0. The Labute approximate surface area is 260 Å². The monoisotopic (exact) mass is 613 g/mol. The Bertz CT molecular complexity index is 1330. The predicted molar refractivity (Wildman–Crippen MR) is 169 cm³/mol.